The number of carbonyl (C=O) groups is 1. The number of hydrogen-bond donors (Lipinski definition) is 1. The molecule has 8 nitrogen and oxygen atoms in total. The van der Waals surface area contributed by atoms with Crippen LogP contribution in [0.15, 0.2) is 42.6 Å². The molecule has 1 aliphatic heterocycles. The van der Waals surface area contributed by atoms with E-state index in [0.29, 0.717) is 43.3 Å². The molecule has 4 rings (SSSR count). The van der Waals surface area contributed by atoms with Gasteiger partial charge in [-0.25, -0.2) is 4.98 Å². The lowest BCUT2D eigenvalue weighted by molar-refractivity contribution is 0.0944. The van der Waals surface area contributed by atoms with Gasteiger partial charge in [0.2, 0.25) is 0 Å². The van der Waals surface area contributed by atoms with Gasteiger partial charge in [0.1, 0.15) is 11.9 Å². The number of fused-ring (bicyclic) bond motifs is 1. The van der Waals surface area contributed by atoms with Crippen LogP contribution in [0.4, 0.5) is 5.82 Å². The summed E-state index contributed by atoms with van der Waals surface area (Å²) in [6.07, 6.45) is 1.69. The first kappa shape index (κ1) is 17.7. The van der Waals surface area contributed by atoms with Crippen molar-refractivity contribution in [2.45, 2.75) is 26.6 Å². The number of pyridine rings is 2. The molecule has 140 valence electrons. The third-order valence-electron chi connectivity index (χ3n) is 4.62. The third kappa shape index (κ3) is 3.55. The standard InChI is InChI=1S/C20H19N7O/c1-14-5-6-15(11-21)19(24-14)26-8-9-27-17(13-26)10-18(25-27)20(28)23-12-16-4-2-3-7-22-16/h2-7,10H,8-9,12-13H2,1H3,(H,23,28). The second kappa shape index (κ2) is 7.48. The van der Waals surface area contributed by atoms with Gasteiger partial charge in [-0.2, -0.15) is 10.4 Å². The number of anilines is 1. The number of aryl methyl sites for hydroxylation is 1. The van der Waals surface area contributed by atoms with Crippen LogP contribution < -0.4 is 10.2 Å². The largest absolute Gasteiger partial charge is 0.348 e. The SMILES string of the molecule is Cc1ccc(C#N)c(N2CCn3nc(C(=O)NCc4ccccn4)cc3C2)n1. The van der Waals surface area contributed by atoms with Crippen molar-refractivity contribution in [2.24, 2.45) is 0 Å². The molecule has 3 aromatic rings. The van der Waals surface area contributed by atoms with E-state index in [1.54, 1.807) is 18.3 Å². The minimum atomic E-state index is -0.231. The highest BCUT2D eigenvalue weighted by molar-refractivity contribution is 5.92. The van der Waals surface area contributed by atoms with E-state index >= 15 is 0 Å². The van der Waals surface area contributed by atoms with E-state index in [1.807, 2.05) is 35.9 Å². The first-order chi connectivity index (χ1) is 13.6. The van der Waals surface area contributed by atoms with Crippen molar-refractivity contribution in [2.75, 3.05) is 11.4 Å². The molecule has 3 aromatic heterocycles. The zero-order chi connectivity index (χ0) is 19.5. The number of nitriles is 1. The molecule has 0 spiro atoms. The van der Waals surface area contributed by atoms with Crippen molar-refractivity contribution < 1.29 is 4.79 Å². The minimum absolute atomic E-state index is 0.231. The van der Waals surface area contributed by atoms with Gasteiger partial charge in [0.05, 0.1) is 36.6 Å². The Labute approximate surface area is 162 Å². The fraction of sp³-hybridized carbons (Fsp3) is 0.250. The summed E-state index contributed by atoms with van der Waals surface area (Å²) in [5.74, 6) is 0.446. The molecule has 0 bridgehead atoms. The van der Waals surface area contributed by atoms with Crippen LogP contribution in [0.25, 0.3) is 0 Å². The molecular formula is C20H19N7O. The van der Waals surface area contributed by atoms with Gasteiger partial charge in [-0.1, -0.05) is 6.07 Å². The summed E-state index contributed by atoms with van der Waals surface area (Å²) in [7, 11) is 0. The van der Waals surface area contributed by atoms with E-state index in [9.17, 15) is 10.1 Å². The Hall–Kier alpha value is -3.73. The Bertz CT molecular complexity index is 1050. The van der Waals surface area contributed by atoms with Crippen LogP contribution in [0.2, 0.25) is 0 Å². The van der Waals surface area contributed by atoms with Crippen molar-refractivity contribution in [3.05, 3.63) is 70.9 Å². The van der Waals surface area contributed by atoms with Gasteiger partial charge in [-0.15, -0.1) is 0 Å². The quantitative estimate of drug-likeness (QED) is 0.749. The molecule has 0 aromatic carbocycles. The molecule has 0 radical (unpaired) electrons. The molecular weight excluding hydrogens is 354 g/mol. The van der Waals surface area contributed by atoms with E-state index in [1.165, 1.54) is 0 Å². The van der Waals surface area contributed by atoms with Crippen LogP contribution in [0.5, 0.6) is 0 Å². The van der Waals surface area contributed by atoms with E-state index in [-0.39, 0.29) is 5.91 Å². The van der Waals surface area contributed by atoms with Crippen LogP contribution in [0.1, 0.15) is 33.1 Å². The number of nitrogens with one attached hydrogen (secondary N) is 1. The monoisotopic (exact) mass is 373 g/mol. The van der Waals surface area contributed by atoms with Crippen LogP contribution in [-0.4, -0.2) is 32.2 Å². The third-order valence-corrected chi connectivity index (χ3v) is 4.62. The number of carbonyl (C=O) groups excluding carboxylic acids is 1. The molecule has 8 heteroatoms. The number of nitrogens with zero attached hydrogens (tertiary/aromatic N) is 6. The maximum absolute atomic E-state index is 12.4. The zero-order valence-electron chi connectivity index (χ0n) is 15.5. The Morgan fingerprint density at radius 1 is 1.29 bits per heavy atom. The molecule has 1 N–H and O–H groups in total. The molecule has 4 heterocycles. The summed E-state index contributed by atoms with van der Waals surface area (Å²) >= 11 is 0. The van der Waals surface area contributed by atoms with Crippen molar-refractivity contribution in [3.8, 4) is 6.07 Å². The summed E-state index contributed by atoms with van der Waals surface area (Å²) < 4.78 is 1.84. The van der Waals surface area contributed by atoms with Gasteiger partial charge in [0.25, 0.3) is 5.91 Å². The van der Waals surface area contributed by atoms with Gasteiger partial charge in [-0.05, 0) is 37.3 Å². The summed E-state index contributed by atoms with van der Waals surface area (Å²) in [5.41, 5.74) is 3.50. The minimum Gasteiger partial charge on any atom is -0.348 e. The topological polar surface area (TPSA) is 99.7 Å². The summed E-state index contributed by atoms with van der Waals surface area (Å²) in [6.45, 7) is 4.11. The van der Waals surface area contributed by atoms with Crippen LogP contribution >= 0.6 is 0 Å². The lowest BCUT2D eigenvalue weighted by atomic mass is 10.2. The molecule has 0 saturated heterocycles. The first-order valence-electron chi connectivity index (χ1n) is 9.01. The predicted octanol–water partition coefficient (Wildman–Crippen LogP) is 1.80. The Kier molecular flexibility index (Phi) is 4.72. The number of amides is 1. The van der Waals surface area contributed by atoms with Crippen LogP contribution in [-0.2, 0) is 19.6 Å². The predicted molar refractivity (Wildman–Crippen MR) is 102 cm³/mol. The maximum Gasteiger partial charge on any atom is 0.272 e. The number of rotatable bonds is 4. The average molecular weight is 373 g/mol. The molecule has 0 saturated carbocycles. The Balaban J connectivity index is 1.49. The molecule has 0 atom stereocenters. The van der Waals surface area contributed by atoms with Crippen LogP contribution in [0, 0.1) is 18.3 Å². The highest BCUT2D eigenvalue weighted by Gasteiger charge is 2.23. The van der Waals surface area contributed by atoms with Gasteiger partial charge in [-0.3, -0.25) is 14.5 Å². The molecule has 0 unspecified atom stereocenters. The van der Waals surface area contributed by atoms with Crippen molar-refractivity contribution in [1.82, 2.24) is 25.1 Å². The summed E-state index contributed by atoms with van der Waals surface area (Å²) in [6, 6.07) is 13.2. The van der Waals surface area contributed by atoms with Gasteiger partial charge in [0.15, 0.2) is 5.69 Å². The normalized spacial score (nSPS) is 12.9. The van der Waals surface area contributed by atoms with Gasteiger partial charge < -0.3 is 10.2 Å². The van der Waals surface area contributed by atoms with Crippen LogP contribution in [0.3, 0.4) is 0 Å². The maximum atomic E-state index is 12.4. The Morgan fingerprint density at radius 3 is 2.96 bits per heavy atom. The van der Waals surface area contributed by atoms with E-state index < -0.39 is 0 Å². The molecule has 0 fully saturated rings. The van der Waals surface area contributed by atoms with Crippen molar-refractivity contribution in [3.63, 3.8) is 0 Å². The second-order valence-electron chi connectivity index (χ2n) is 6.60. The lowest BCUT2D eigenvalue weighted by Crippen LogP contribution is -2.35. The summed E-state index contributed by atoms with van der Waals surface area (Å²) in [4.78, 5) is 23.2. The second-order valence-corrected chi connectivity index (χ2v) is 6.60. The highest BCUT2D eigenvalue weighted by Crippen LogP contribution is 2.23. The van der Waals surface area contributed by atoms with Crippen molar-refractivity contribution in [1.29, 1.82) is 5.26 Å². The number of hydrogen-bond acceptors (Lipinski definition) is 6. The van der Waals surface area contributed by atoms with E-state index in [2.05, 4.69) is 31.4 Å². The lowest BCUT2D eigenvalue weighted by Gasteiger charge is -2.29. The fourth-order valence-electron chi connectivity index (χ4n) is 3.19. The highest BCUT2D eigenvalue weighted by atomic mass is 16.1. The molecule has 0 aliphatic carbocycles. The molecule has 28 heavy (non-hydrogen) atoms. The first-order valence-corrected chi connectivity index (χ1v) is 9.01. The average Bonchev–Trinajstić information content (AvgIpc) is 3.16. The molecule has 1 aliphatic rings. The smallest absolute Gasteiger partial charge is 0.272 e. The van der Waals surface area contributed by atoms with Gasteiger partial charge >= 0.3 is 0 Å². The fourth-order valence-corrected chi connectivity index (χ4v) is 3.19. The van der Waals surface area contributed by atoms with E-state index in [0.717, 1.165) is 17.1 Å². The van der Waals surface area contributed by atoms with Crippen molar-refractivity contribution >= 4 is 11.7 Å². The Morgan fingerprint density at radius 2 is 2.18 bits per heavy atom. The van der Waals surface area contributed by atoms with E-state index in [4.69, 9.17) is 0 Å². The zero-order valence-corrected chi connectivity index (χ0v) is 15.5. The number of aromatic nitrogens is 4. The summed E-state index contributed by atoms with van der Waals surface area (Å²) in [5, 5.41) is 16.6. The van der Waals surface area contributed by atoms with Gasteiger partial charge in [0, 0.05) is 18.4 Å². The molecule has 1 amide bonds.